The molecule has 1 aromatic carbocycles. The number of alkyl halides is 3. The first-order valence-corrected chi connectivity index (χ1v) is 7.40. The van der Waals surface area contributed by atoms with Crippen molar-refractivity contribution in [1.29, 1.82) is 0 Å². The molecule has 1 aromatic heterocycles. The average Bonchev–Trinajstić information content (AvgIpc) is 3.04. The van der Waals surface area contributed by atoms with Gasteiger partial charge in [0.25, 0.3) is 0 Å². The van der Waals surface area contributed by atoms with Gasteiger partial charge in [0.15, 0.2) is 0 Å². The van der Waals surface area contributed by atoms with Gasteiger partial charge in [-0.15, -0.1) is 0 Å². The number of carbonyl (C=O) groups is 1. The molecule has 0 bridgehead atoms. The number of halogens is 3. The van der Waals surface area contributed by atoms with Crippen molar-refractivity contribution in [3.05, 3.63) is 48.0 Å². The van der Waals surface area contributed by atoms with Crippen LogP contribution in [0, 0.1) is 0 Å². The van der Waals surface area contributed by atoms with E-state index in [9.17, 15) is 18.0 Å². The minimum Gasteiger partial charge on any atom is -0.338 e. The zero-order valence-electron chi connectivity index (χ0n) is 13.0. The van der Waals surface area contributed by atoms with Crippen molar-refractivity contribution in [1.82, 2.24) is 25.4 Å². The summed E-state index contributed by atoms with van der Waals surface area (Å²) in [6, 6.07) is 3.94. The molecule has 2 N–H and O–H groups in total. The van der Waals surface area contributed by atoms with E-state index in [1.807, 2.05) is 0 Å². The van der Waals surface area contributed by atoms with Gasteiger partial charge in [0.05, 0.1) is 11.6 Å². The Labute approximate surface area is 137 Å². The molecule has 2 rings (SSSR count). The van der Waals surface area contributed by atoms with E-state index in [0.717, 1.165) is 12.1 Å². The maximum Gasteiger partial charge on any atom is 0.416 e. The van der Waals surface area contributed by atoms with E-state index in [1.54, 1.807) is 24.0 Å². The summed E-state index contributed by atoms with van der Waals surface area (Å²) >= 11 is 0. The number of nitrogens with zero attached hydrogens (tertiary/aromatic N) is 3. The van der Waals surface area contributed by atoms with E-state index >= 15 is 0 Å². The fourth-order valence-corrected chi connectivity index (χ4v) is 2.11. The van der Waals surface area contributed by atoms with Gasteiger partial charge in [-0.3, -0.25) is 4.68 Å². The molecule has 2 aromatic rings. The predicted octanol–water partition coefficient (Wildman–Crippen LogP) is 2.75. The van der Waals surface area contributed by atoms with Crippen molar-refractivity contribution in [2.75, 3.05) is 6.54 Å². The summed E-state index contributed by atoms with van der Waals surface area (Å²) in [4.78, 5) is 15.6. The van der Waals surface area contributed by atoms with Crippen molar-refractivity contribution in [3.63, 3.8) is 0 Å². The number of rotatable bonds is 6. The van der Waals surface area contributed by atoms with Crippen LogP contribution in [0.25, 0.3) is 0 Å². The summed E-state index contributed by atoms with van der Waals surface area (Å²) < 4.78 is 39.8. The largest absolute Gasteiger partial charge is 0.416 e. The number of aryl methyl sites for hydroxylation is 1. The van der Waals surface area contributed by atoms with Crippen LogP contribution in [-0.4, -0.2) is 27.3 Å². The molecule has 0 spiro atoms. The zero-order valence-corrected chi connectivity index (χ0v) is 13.0. The molecule has 0 fully saturated rings. The van der Waals surface area contributed by atoms with Gasteiger partial charge >= 0.3 is 12.2 Å². The molecule has 1 heterocycles. The molecule has 6 nitrogen and oxygen atoms in total. The summed E-state index contributed by atoms with van der Waals surface area (Å²) in [5.41, 5.74) is -0.343. The molecular formula is C15H18F3N5O. The molecule has 130 valence electrons. The normalized spacial score (nSPS) is 12.7. The molecule has 0 saturated heterocycles. The summed E-state index contributed by atoms with van der Waals surface area (Å²) in [7, 11) is 0. The van der Waals surface area contributed by atoms with Crippen molar-refractivity contribution in [3.8, 4) is 0 Å². The van der Waals surface area contributed by atoms with Gasteiger partial charge in [-0.2, -0.15) is 18.3 Å². The summed E-state index contributed by atoms with van der Waals surface area (Å²) in [6.45, 7) is 2.66. The maximum absolute atomic E-state index is 12.7. The van der Waals surface area contributed by atoms with E-state index < -0.39 is 23.8 Å². The number of aromatic nitrogens is 3. The molecular weight excluding hydrogens is 323 g/mol. The Morgan fingerprint density at radius 3 is 2.83 bits per heavy atom. The summed E-state index contributed by atoms with van der Waals surface area (Å²) in [6.07, 6.45) is -0.735. The van der Waals surface area contributed by atoms with E-state index in [-0.39, 0.29) is 0 Å². The number of urea groups is 1. The Morgan fingerprint density at radius 1 is 1.38 bits per heavy atom. The number of amides is 2. The van der Waals surface area contributed by atoms with Crippen LogP contribution in [0.3, 0.4) is 0 Å². The van der Waals surface area contributed by atoms with Crippen LogP contribution < -0.4 is 10.6 Å². The fourth-order valence-electron chi connectivity index (χ4n) is 2.11. The number of carbonyl (C=O) groups excluding carboxylic acids is 1. The molecule has 0 aliphatic heterocycles. The van der Waals surface area contributed by atoms with Crippen LogP contribution in [0.4, 0.5) is 18.0 Å². The van der Waals surface area contributed by atoms with Gasteiger partial charge in [0.2, 0.25) is 0 Å². The molecule has 2 amide bonds. The van der Waals surface area contributed by atoms with E-state index in [2.05, 4.69) is 20.7 Å². The standard InChI is InChI=1S/C15H18F3N5O/c1-11(12-4-2-5-13(8-12)15(16,17)18)22-14(24)20-6-3-7-23-10-19-9-21-23/h2,4-5,8-11H,3,6-7H2,1H3,(H2,20,22,24). The second-order valence-corrected chi connectivity index (χ2v) is 5.26. The maximum atomic E-state index is 12.7. The number of benzene rings is 1. The number of hydrogen-bond acceptors (Lipinski definition) is 3. The van der Waals surface area contributed by atoms with E-state index in [1.165, 1.54) is 12.4 Å². The first-order chi connectivity index (χ1) is 11.4. The zero-order chi connectivity index (χ0) is 17.6. The van der Waals surface area contributed by atoms with Crippen molar-refractivity contribution in [2.24, 2.45) is 0 Å². The SMILES string of the molecule is CC(NC(=O)NCCCn1cncn1)c1cccc(C(F)(F)F)c1. The minimum atomic E-state index is -4.40. The third-order valence-electron chi connectivity index (χ3n) is 3.38. The molecule has 0 aliphatic carbocycles. The van der Waals surface area contributed by atoms with Crippen LogP contribution in [0.1, 0.15) is 30.5 Å². The highest BCUT2D eigenvalue weighted by Gasteiger charge is 2.30. The van der Waals surface area contributed by atoms with Crippen LogP contribution in [0.2, 0.25) is 0 Å². The Hall–Kier alpha value is -2.58. The Balaban J connectivity index is 1.78. The van der Waals surface area contributed by atoms with Crippen molar-refractivity contribution in [2.45, 2.75) is 32.1 Å². The summed E-state index contributed by atoms with van der Waals surface area (Å²) in [5.74, 6) is 0. The second kappa shape index (κ2) is 7.80. The number of nitrogens with one attached hydrogen (secondary N) is 2. The molecule has 0 radical (unpaired) electrons. The lowest BCUT2D eigenvalue weighted by molar-refractivity contribution is -0.137. The van der Waals surface area contributed by atoms with Gasteiger partial charge in [0, 0.05) is 13.1 Å². The number of hydrogen-bond donors (Lipinski definition) is 2. The Morgan fingerprint density at radius 2 is 2.17 bits per heavy atom. The molecule has 0 saturated carbocycles. The monoisotopic (exact) mass is 341 g/mol. The molecule has 24 heavy (non-hydrogen) atoms. The Kier molecular flexibility index (Phi) is 5.78. The fraction of sp³-hybridized carbons (Fsp3) is 0.400. The molecule has 0 aliphatic rings. The predicted molar refractivity (Wildman–Crippen MR) is 81.0 cm³/mol. The highest BCUT2D eigenvalue weighted by Crippen LogP contribution is 2.30. The highest BCUT2D eigenvalue weighted by molar-refractivity contribution is 5.74. The molecule has 1 unspecified atom stereocenters. The first-order valence-electron chi connectivity index (χ1n) is 7.40. The lowest BCUT2D eigenvalue weighted by Gasteiger charge is -2.16. The van der Waals surface area contributed by atoms with E-state index in [0.29, 0.717) is 25.1 Å². The first kappa shape index (κ1) is 17.8. The molecule has 9 heteroatoms. The van der Waals surface area contributed by atoms with Gasteiger partial charge in [-0.05, 0) is 31.0 Å². The van der Waals surface area contributed by atoms with Gasteiger partial charge < -0.3 is 10.6 Å². The average molecular weight is 341 g/mol. The van der Waals surface area contributed by atoms with Gasteiger partial charge in [-0.25, -0.2) is 9.78 Å². The van der Waals surface area contributed by atoms with Crippen LogP contribution in [0.5, 0.6) is 0 Å². The van der Waals surface area contributed by atoms with Crippen molar-refractivity contribution >= 4 is 6.03 Å². The minimum absolute atomic E-state index is 0.391. The Bertz CT molecular complexity index is 657. The lowest BCUT2D eigenvalue weighted by Crippen LogP contribution is -2.37. The highest BCUT2D eigenvalue weighted by atomic mass is 19.4. The third kappa shape index (κ3) is 5.25. The molecule has 1 atom stereocenters. The smallest absolute Gasteiger partial charge is 0.338 e. The third-order valence-corrected chi connectivity index (χ3v) is 3.38. The van der Waals surface area contributed by atoms with Gasteiger partial charge in [-0.1, -0.05) is 12.1 Å². The van der Waals surface area contributed by atoms with E-state index in [4.69, 9.17) is 0 Å². The van der Waals surface area contributed by atoms with Gasteiger partial charge in [0.1, 0.15) is 12.7 Å². The quantitative estimate of drug-likeness (QED) is 0.794. The van der Waals surface area contributed by atoms with Crippen LogP contribution >= 0.6 is 0 Å². The topological polar surface area (TPSA) is 71.8 Å². The summed E-state index contributed by atoms with van der Waals surface area (Å²) in [5, 5.41) is 9.21. The van der Waals surface area contributed by atoms with Crippen molar-refractivity contribution < 1.29 is 18.0 Å². The van der Waals surface area contributed by atoms with Crippen LogP contribution in [-0.2, 0) is 12.7 Å². The second-order valence-electron chi connectivity index (χ2n) is 5.26. The lowest BCUT2D eigenvalue weighted by atomic mass is 10.1. The van der Waals surface area contributed by atoms with Crippen LogP contribution in [0.15, 0.2) is 36.9 Å².